The Balaban J connectivity index is 1.62. The first-order valence-electron chi connectivity index (χ1n) is 8.96. The number of thioether (sulfide) groups is 1. The van der Waals surface area contributed by atoms with Crippen molar-refractivity contribution < 1.29 is 18.7 Å². The van der Waals surface area contributed by atoms with Crippen molar-refractivity contribution in [2.45, 2.75) is 0 Å². The van der Waals surface area contributed by atoms with Crippen molar-refractivity contribution in [1.29, 1.82) is 0 Å². The number of carbonyl (C=O) groups excluding carboxylic acids is 1. The standard InChI is InChI=1S/C22H15Cl2NO4S2/c1-27-13-4-7-17(19(10-13)28-2)25-21(26)20(31-22(25)30)11-14-5-8-18(29-14)12-3-6-15(23)16(24)9-12/h3-11H,1-2H3. The molecule has 1 amide bonds. The molecule has 0 spiro atoms. The second-order valence-electron chi connectivity index (χ2n) is 6.39. The number of rotatable bonds is 5. The normalized spacial score (nSPS) is 15.1. The number of hydrogen-bond donors (Lipinski definition) is 0. The van der Waals surface area contributed by atoms with Crippen LogP contribution < -0.4 is 14.4 Å². The van der Waals surface area contributed by atoms with E-state index in [1.807, 2.05) is 6.07 Å². The number of thiocarbonyl (C=S) groups is 1. The number of amides is 1. The second-order valence-corrected chi connectivity index (χ2v) is 8.88. The van der Waals surface area contributed by atoms with E-state index in [2.05, 4.69) is 0 Å². The van der Waals surface area contributed by atoms with Gasteiger partial charge in [0.1, 0.15) is 23.0 Å². The third kappa shape index (κ3) is 4.32. The molecule has 0 aliphatic carbocycles. The lowest BCUT2D eigenvalue weighted by Gasteiger charge is -2.18. The molecule has 31 heavy (non-hydrogen) atoms. The van der Waals surface area contributed by atoms with E-state index >= 15 is 0 Å². The number of furan rings is 1. The van der Waals surface area contributed by atoms with E-state index in [-0.39, 0.29) is 5.91 Å². The van der Waals surface area contributed by atoms with Gasteiger partial charge < -0.3 is 13.9 Å². The third-order valence-corrected chi connectivity index (χ3v) is 6.57. The highest BCUT2D eigenvalue weighted by molar-refractivity contribution is 8.27. The molecule has 2 heterocycles. The van der Waals surface area contributed by atoms with Gasteiger partial charge in [-0.1, -0.05) is 47.2 Å². The first-order valence-corrected chi connectivity index (χ1v) is 10.9. The molecule has 4 rings (SSSR count). The molecule has 1 aliphatic rings. The average molecular weight is 492 g/mol. The van der Waals surface area contributed by atoms with Crippen molar-refractivity contribution in [3.8, 4) is 22.8 Å². The maximum Gasteiger partial charge on any atom is 0.271 e. The Morgan fingerprint density at radius 3 is 2.55 bits per heavy atom. The van der Waals surface area contributed by atoms with Gasteiger partial charge in [0.25, 0.3) is 5.91 Å². The Labute approximate surface area is 198 Å². The van der Waals surface area contributed by atoms with Gasteiger partial charge in [-0.3, -0.25) is 9.69 Å². The molecule has 2 aromatic carbocycles. The minimum absolute atomic E-state index is 0.258. The summed E-state index contributed by atoms with van der Waals surface area (Å²) in [6, 6.07) is 14.0. The van der Waals surface area contributed by atoms with E-state index in [0.717, 1.165) is 5.56 Å². The predicted molar refractivity (Wildman–Crippen MR) is 129 cm³/mol. The summed E-state index contributed by atoms with van der Waals surface area (Å²) < 4.78 is 16.9. The number of carbonyl (C=O) groups is 1. The third-order valence-electron chi connectivity index (χ3n) is 4.53. The molecule has 1 aromatic heterocycles. The summed E-state index contributed by atoms with van der Waals surface area (Å²) in [5.74, 6) is 1.97. The Hall–Kier alpha value is -2.45. The van der Waals surface area contributed by atoms with Gasteiger partial charge in [0.2, 0.25) is 0 Å². The van der Waals surface area contributed by atoms with E-state index in [4.69, 9.17) is 49.3 Å². The first kappa shape index (κ1) is 21.8. The summed E-state index contributed by atoms with van der Waals surface area (Å²) in [5, 5.41) is 0.904. The topological polar surface area (TPSA) is 51.9 Å². The van der Waals surface area contributed by atoms with E-state index < -0.39 is 0 Å². The van der Waals surface area contributed by atoms with Gasteiger partial charge in [-0.05, 0) is 42.5 Å². The van der Waals surface area contributed by atoms with Crippen LogP contribution in [0.25, 0.3) is 17.4 Å². The minimum Gasteiger partial charge on any atom is -0.497 e. The fraction of sp³-hybridized carbons (Fsp3) is 0.0909. The van der Waals surface area contributed by atoms with Crippen LogP contribution in [-0.2, 0) is 4.79 Å². The van der Waals surface area contributed by atoms with Gasteiger partial charge >= 0.3 is 0 Å². The lowest BCUT2D eigenvalue weighted by molar-refractivity contribution is -0.113. The first-order chi connectivity index (χ1) is 14.9. The largest absolute Gasteiger partial charge is 0.497 e. The van der Waals surface area contributed by atoms with Gasteiger partial charge in [0.05, 0.1) is 34.9 Å². The van der Waals surface area contributed by atoms with Gasteiger partial charge in [0, 0.05) is 17.7 Å². The highest BCUT2D eigenvalue weighted by atomic mass is 35.5. The molecule has 1 fully saturated rings. The Morgan fingerprint density at radius 2 is 1.84 bits per heavy atom. The summed E-state index contributed by atoms with van der Waals surface area (Å²) in [6.45, 7) is 0. The quantitative estimate of drug-likeness (QED) is 0.293. The number of anilines is 1. The van der Waals surface area contributed by atoms with Crippen LogP contribution >= 0.6 is 47.2 Å². The second kappa shape index (κ2) is 8.96. The van der Waals surface area contributed by atoms with Crippen molar-refractivity contribution in [3.05, 3.63) is 69.2 Å². The Morgan fingerprint density at radius 1 is 1.03 bits per heavy atom. The molecule has 158 valence electrons. The van der Waals surface area contributed by atoms with E-state index in [9.17, 15) is 4.79 Å². The van der Waals surface area contributed by atoms with Crippen molar-refractivity contribution in [2.75, 3.05) is 19.1 Å². The van der Waals surface area contributed by atoms with Crippen LogP contribution in [0.4, 0.5) is 5.69 Å². The fourth-order valence-electron chi connectivity index (χ4n) is 3.01. The molecule has 0 bridgehead atoms. The molecular weight excluding hydrogens is 477 g/mol. The maximum absolute atomic E-state index is 13.1. The van der Waals surface area contributed by atoms with E-state index in [0.29, 0.717) is 48.0 Å². The number of ether oxygens (including phenoxy) is 2. The molecule has 3 aromatic rings. The van der Waals surface area contributed by atoms with Crippen molar-refractivity contribution in [1.82, 2.24) is 0 Å². The molecule has 1 aliphatic heterocycles. The van der Waals surface area contributed by atoms with E-state index in [1.54, 1.807) is 55.7 Å². The summed E-state index contributed by atoms with van der Waals surface area (Å²) in [5.41, 5.74) is 1.33. The molecule has 9 heteroatoms. The van der Waals surface area contributed by atoms with Crippen LogP contribution in [0.2, 0.25) is 10.0 Å². The summed E-state index contributed by atoms with van der Waals surface area (Å²) in [6.07, 6.45) is 1.66. The monoisotopic (exact) mass is 491 g/mol. The molecular formula is C22H15Cl2NO4S2. The Kier molecular flexibility index (Phi) is 6.29. The molecule has 5 nitrogen and oxygen atoms in total. The molecule has 0 radical (unpaired) electrons. The highest BCUT2D eigenvalue weighted by Crippen LogP contribution is 2.41. The number of methoxy groups -OCH3 is 2. The molecule has 0 atom stereocenters. The van der Waals surface area contributed by atoms with Crippen LogP contribution in [0.5, 0.6) is 11.5 Å². The molecule has 1 saturated heterocycles. The van der Waals surface area contributed by atoms with Crippen LogP contribution in [0.1, 0.15) is 5.76 Å². The SMILES string of the molecule is COc1ccc(N2C(=O)C(=Cc3ccc(-c4ccc(Cl)c(Cl)c4)o3)SC2=S)c(OC)c1. The van der Waals surface area contributed by atoms with Crippen LogP contribution in [0.3, 0.4) is 0 Å². The van der Waals surface area contributed by atoms with Crippen LogP contribution in [-0.4, -0.2) is 24.4 Å². The van der Waals surface area contributed by atoms with Crippen molar-refractivity contribution in [3.63, 3.8) is 0 Å². The average Bonchev–Trinajstić information content (AvgIpc) is 3.34. The Bertz CT molecular complexity index is 1220. The van der Waals surface area contributed by atoms with Crippen LogP contribution in [0.15, 0.2) is 57.9 Å². The van der Waals surface area contributed by atoms with Gasteiger partial charge in [-0.15, -0.1) is 0 Å². The van der Waals surface area contributed by atoms with Gasteiger partial charge in [-0.25, -0.2) is 0 Å². The van der Waals surface area contributed by atoms with Crippen molar-refractivity contribution >= 4 is 69.2 Å². The number of benzene rings is 2. The van der Waals surface area contributed by atoms with Gasteiger partial charge in [0.15, 0.2) is 4.32 Å². The number of hydrogen-bond acceptors (Lipinski definition) is 6. The molecule has 0 saturated carbocycles. The van der Waals surface area contributed by atoms with Crippen molar-refractivity contribution in [2.24, 2.45) is 0 Å². The molecule has 0 unspecified atom stereocenters. The summed E-state index contributed by atoms with van der Waals surface area (Å²) in [4.78, 5) is 15.0. The van der Waals surface area contributed by atoms with E-state index in [1.165, 1.54) is 23.8 Å². The summed E-state index contributed by atoms with van der Waals surface area (Å²) in [7, 11) is 3.09. The van der Waals surface area contributed by atoms with Gasteiger partial charge in [-0.2, -0.15) is 0 Å². The fourth-order valence-corrected chi connectivity index (χ4v) is 4.57. The van der Waals surface area contributed by atoms with Crippen LogP contribution in [0, 0.1) is 0 Å². The predicted octanol–water partition coefficient (Wildman–Crippen LogP) is 6.68. The number of halogens is 2. The minimum atomic E-state index is -0.258. The maximum atomic E-state index is 13.1. The zero-order valence-electron chi connectivity index (χ0n) is 16.3. The smallest absolute Gasteiger partial charge is 0.271 e. The number of nitrogens with zero attached hydrogens (tertiary/aromatic N) is 1. The lowest BCUT2D eigenvalue weighted by atomic mass is 10.2. The zero-order chi connectivity index (χ0) is 22.1. The highest BCUT2D eigenvalue weighted by Gasteiger charge is 2.35. The molecule has 0 N–H and O–H groups in total. The summed E-state index contributed by atoms with van der Waals surface area (Å²) >= 11 is 18.7. The zero-order valence-corrected chi connectivity index (χ0v) is 19.5. The lowest BCUT2D eigenvalue weighted by Crippen LogP contribution is -2.27.